The molecule has 23 heavy (non-hydrogen) atoms. The Hall–Kier alpha value is -1.66. The van der Waals surface area contributed by atoms with E-state index in [1.54, 1.807) is 23.0 Å². The van der Waals surface area contributed by atoms with Gasteiger partial charge in [0.15, 0.2) is 0 Å². The summed E-state index contributed by atoms with van der Waals surface area (Å²) in [6.45, 7) is 8.04. The molecular formula is C17H25N3O2S. The summed E-state index contributed by atoms with van der Waals surface area (Å²) < 4.78 is 29.5. The van der Waals surface area contributed by atoms with Crippen molar-refractivity contribution in [1.82, 2.24) is 14.5 Å². The Morgan fingerprint density at radius 2 is 1.78 bits per heavy atom. The van der Waals surface area contributed by atoms with Crippen molar-refractivity contribution >= 4 is 10.0 Å². The molecule has 0 fully saturated rings. The summed E-state index contributed by atoms with van der Waals surface area (Å²) in [5.41, 5.74) is 2.98. The normalized spacial score (nSPS) is 13.5. The van der Waals surface area contributed by atoms with E-state index in [1.807, 2.05) is 33.0 Å². The summed E-state index contributed by atoms with van der Waals surface area (Å²) in [5, 5.41) is 4.16. The molecule has 1 unspecified atom stereocenters. The Balaban J connectivity index is 2.16. The molecule has 1 aromatic heterocycles. The minimum absolute atomic E-state index is 0.290. The Labute approximate surface area is 138 Å². The van der Waals surface area contributed by atoms with E-state index in [0.29, 0.717) is 10.8 Å². The molecule has 1 aromatic carbocycles. The molecule has 0 saturated heterocycles. The van der Waals surface area contributed by atoms with Crippen molar-refractivity contribution in [2.45, 2.75) is 45.1 Å². The van der Waals surface area contributed by atoms with Crippen LogP contribution >= 0.6 is 0 Å². The van der Waals surface area contributed by atoms with Gasteiger partial charge >= 0.3 is 0 Å². The minimum atomic E-state index is -3.55. The average molecular weight is 335 g/mol. The molecule has 6 heteroatoms. The molecule has 126 valence electrons. The van der Waals surface area contributed by atoms with Crippen molar-refractivity contribution in [3.8, 4) is 0 Å². The highest BCUT2D eigenvalue weighted by Gasteiger charge is 2.20. The molecule has 1 atom stereocenters. The predicted molar refractivity (Wildman–Crippen MR) is 91.7 cm³/mol. The van der Waals surface area contributed by atoms with E-state index in [9.17, 15) is 8.42 Å². The summed E-state index contributed by atoms with van der Waals surface area (Å²) in [5.74, 6) is 0.546. The molecule has 5 nitrogen and oxygen atoms in total. The van der Waals surface area contributed by atoms with E-state index in [4.69, 9.17) is 0 Å². The van der Waals surface area contributed by atoms with Crippen LogP contribution in [0.15, 0.2) is 35.4 Å². The minimum Gasteiger partial charge on any atom is -0.273 e. The van der Waals surface area contributed by atoms with Crippen LogP contribution in [0.4, 0.5) is 0 Å². The second kappa shape index (κ2) is 6.84. The summed E-state index contributed by atoms with van der Waals surface area (Å²) >= 11 is 0. The van der Waals surface area contributed by atoms with Gasteiger partial charge < -0.3 is 0 Å². The first kappa shape index (κ1) is 17.7. The van der Waals surface area contributed by atoms with E-state index in [0.717, 1.165) is 23.2 Å². The van der Waals surface area contributed by atoms with E-state index >= 15 is 0 Å². The highest BCUT2D eigenvalue weighted by atomic mass is 32.2. The van der Waals surface area contributed by atoms with Gasteiger partial charge in [0.25, 0.3) is 0 Å². The van der Waals surface area contributed by atoms with Crippen LogP contribution in [0.5, 0.6) is 0 Å². The average Bonchev–Trinajstić information content (AvgIpc) is 2.78. The lowest BCUT2D eigenvalue weighted by atomic mass is 10.0. The van der Waals surface area contributed by atoms with Crippen LogP contribution in [0.3, 0.4) is 0 Å². The molecule has 1 heterocycles. The molecule has 0 amide bonds. The zero-order valence-corrected chi connectivity index (χ0v) is 15.2. The maximum Gasteiger partial charge on any atom is 0.241 e. The highest BCUT2D eigenvalue weighted by Crippen LogP contribution is 2.20. The van der Waals surface area contributed by atoms with Gasteiger partial charge in [-0.15, -0.1) is 0 Å². The fraction of sp³-hybridized carbons (Fsp3) is 0.471. The van der Waals surface area contributed by atoms with Crippen LogP contribution in [-0.4, -0.2) is 18.2 Å². The predicted octanol–water partition coefficient (Wildman–Crippen LogP) is 2.97. The maximum atomic E-state index is 12.5. The molecule has 0 saturated carbocycles. The smallest absolute Gasteiger partial charge is 0.241 e. The number of hydrogen-bond donors (Lipinski definition) is 1. The number of rotatable bonds is 6. The fourth-order valence-electron chi connectivity index (χ4n) is 2.58. The van der Waals surface area contributed by atoms with Gasteiger partial charge in [-0.2, -0.15) is 5.10 Å². The molecular weight excluding hydrogens is 310 g/mol. The second-order valence-corrected chi connectivity index (χ2v) is 8.11. The number of aromatic nitrogens is 2. The van der Waals surface area contributed by atoms with Crippen LogP contribution in [0, 0.1) is 12.8 Å². The third-order valence-corrected chi connectivity index (χ3v) is 5.51. The Morgan fingerprint density at radius 3 is 2.26 bits per heavy atom. The van der Waals surface area contributed by atoms with Crippen LogP contribution in [0.25, 0.3) is 0 Å². The number of hydrogen-bond acceptors (Lipinski definition) is 3. The SMILES string of the molecule is Cc1c(C(C)NS(=O)(=O)c2ccc(CC(C)C)cc2)cnn1C. The van der Waals surface area contributed by atoms with Crippen molar-refractivity contribution in [2.24, 2.45) is 13.0 Å². The molecule has 0 bridgehead atoms. The number of sulfonamides is 1. The molecule has 0 aliphatic carbocycles. The Bertz CT molecular complexity index is 762. The van der Waals surface area contributed by atoms with Gasteiger partial charge in [0.05, 0.1) is 11.1 Å². The lowest BCUT2D eigenvalue weighted by Crippen LogP contribution is -2.27. The van der Waals surface area contributed by atoms with Crippen LogP contribution in [0.2, 0.25) is 0 Å². The number of aryl methyl sites for hydroxylation is 1. The lowest BCUT2D eigenvalue weighted by Gasteiger charge is -2.14. The summed E-state index contributed by atoms with van der Waals surface area (Å²) in [6, 6.07) is 6.78. The largest absolute Gasteiger partial charge is 0.273 e. The number of nitrogens with zero attached hydrogens (tertiary/aromatic N) is 2. The first-order chi connectivity index (χ1) is 10.7. The van der Waals surface area contributed by atoms with E-state index in [2.05, 4.69) is 23.7 Å². The van der Waals surface area contributed by atoms with Gasteiger partial charge in [-0.1, -0.05) is 26.0 Å². The molecule has 0 aliphatic rings. The van der Waals surface area contributed by atoms with Crippen molar-refractivity contribution < 1.29 is 8.42 Å². The van der Waals surface area contributed by atoms with Crippen molar-refractivity contribution in [3.63, 3.8) is 0 Å². The quantitative estimate of drug-likeness (QED) is 0.883. The standard InChI is InChI=1S/C17H25N3O2S/c1-12(2)10-15-6-8-16(9-7-15)23(21,22)19-13(3)17-11-18-20(5)14(17)4/h6-9,11-13,19H,10H2,1-5H3. The monoisotopic (exact) mass is 335 g/mol. The van der Waals surface area contributed by atoms with Crippen LogP contribution in [0.1, 0.15) is 43.6 Å². The molecule has 2 rings (SSSR count). The van der Waals surface area contributed by atoms with Crippen molar-refractivity contribution in [3.05, 3.63) is 47.3 Å². The Morgan fingerprint density at radius 1 is 1.17 bits per heavy atom. The van der Waals surface area contributed by atoms with Crippen molar-refractivity contribution in [1.29, 1.82) is 0 Å². The molecule has 1 N–H and O–H groups in total. The number of benzene rings is 1. The van der Waals surface area contributed by atoms with Gasteiger partial charge in [-0.3, -0.25) is 4.68 Å². The fourth-order valence-corrected chi connectivity index (χ4v) is 3.80. The van der Waals surface area contributed by atoms with Gasteiger partial charge in [0, 0.05) is 24.3 Å². The topological polar surface area (TPSA) is 64.0 Å². The third kappa shape index (κ3) is 4.20. The zero-order chi connectivity index (χ0) is 17.2. The van der Waals surface area contributed by atoms with Gasteiger partial charge in [-0.25, -0.2) is 13.1 Å². The highest BCUT2D eigenvalue weighted by molar-refractivity contribution is 7.89. The van der Waals surface area contributed by atoms with E-state index < -0.39 is 10.0 Å². The van der Waals surface area contributed by atoms with Crippen LogP contribution < -0.4 is 4.72 Å². The summed E-state index contributed by atoms with van der Waals surface area (Å²) in [6.07, 6.45) is 2.65. The molecule has 0 radical (unpaired) electrons. The van der Waals surface area contributed by atoms with Crippen molar-refractivity contribution in [2.75, 3.05) is 0 Å². The maximum absolute atomic E-state index is 12.5. The lowest BCUT2D eigenvalue weighted by molar-refractivity contribution is 0.566. The van der Waals surface area contributed by atoms with Gasteiger partial charge in [-0.05, 0) is 43.9 Å². The second-order valence-electron chi connectivity index (χ2n) is 6.39. The Kier molecular flexibility index (Phi) is 5.26. The van der Waals surface area contributed by atoms with E-state index in [1.165, 1.54) is 0 Å². The van der Waals surface area contributed by atoms with E-state index in [-0.39, 0.29) is 6.04 Å². The molecule has 0 spiro atoms. The molecule has 2 aromatic rings. The van der Waals surface area contributed by atoms with Gasteiger partial charge in [0.2, 0.25) is 10.0 Å². The first-order valence-corrected chi connectivity index (χ1v) is 9.29. The zero-order valence-electron chi connectivity index (χ0n) is 14.4. The summed E-state index contributed by atoms with van der Waals surface area (Å²) in [4.78, 5) is 0.290. The molecule has 0 aliphatic heterocycles. The van der Waals surface area contributed by atoms with Crippen LogP contribution in [-0.2, 0) is 23.5 Å². The summed E-state index contributed by atoms with van der Waals surface area (Å²) in [7, 11) is -1.71. The first-order valence-electron chi connectivity index (χ1n) is 7.80. The van der Waals surface area contributed by atoms with Gasteiger partial charge in [0.1, 0.15) is 0 Å². The third-order valence-electron chi connectivity index (χ3n) is 3.95. The number of nitrogens with one attached hydrogen (secondary N) is 1.